The molecular weight excluding hydrogens is 422 g/mol. The van der Waals surface area contributed by atoms with Gasteiger partial charge in [0.2, 0.25) is 5.91 Å². The van der Waals surface area contributed by atoms with Crippen LogP contribution >= 0.6 is 22.9 Å². The van der Waals surface area contributed by atoms with E-state index in [9.17, 15) is 4.79 Å². The van der Waals surface area contributed by atoms with Crippen LogP contribution in [-0.2, 0) is 11.2 Å². The molecular formula is C22H26ClN3O3S. The number of hydrogen-bond donors (Lipinski definition) is 0. The van der Waals surface area contributed by atoms with E-state index in [1.807, 2.05) is 38.4 Å². The zero-order valence-corrected chi connectivity index (χ0v) is 19.2. The van der Waals surface area contributed by atoms with Gasteiger partial charge in [-0.1, -0.05) is 35.1 Å². The van der Waals surface area contributed by atoms with Gasteiger partial charge < -0.3 is 14.4 Å². The van der Waals surface area contributed by atoms with Crippen LogP contribution in [0, 0.1) is 0 Å². The zero-order valence-electron chi connectivity index (χ0n) is 17.6. The van der Waals surface area contributed by atoms with Crippen molar-refractivity contribution in [3.05, 3.63) is 47.0 Å². The minimum Gasteiger partial charge on any atom is -0.497 e. The third kappa shape index (κ3) is 5.22. The number of carbonyl (C=O) groups excluding carboxylic acids is 1. The van der Waals surface area contributed by atoms with Crippen LogP contribution in [0.3, 0.4) is 0 Å². The van der Waals surface area contributed by atoms with Gasteiger partial charge in [-0.15, -0.1) is 0 Å². The highest BCUT2D eigenvalue weighted by molar-refractivity contribution is 7.23. The standard InChI is InChI=1S/C22H26ClN3O3S/c1-25(2)12-5-13-26(19(27)14-15-6-8-16(28-3)9-7-15)22-24-20-18(29-4)11-10-17(23)21(20)30-22/h6-11H,5,12-14H2,1-4H3. The number of amides is 1. The predicted octanol–water partition coefficient (Wildman–Crippen LogP) is 4.49. The first kappa shape index (κ1) is 22.3. The minimum absolute atomic E-state index is 0.00642. The van der Waals surface area contributed by atoms with Gasteiger partial charge in [-0.2, -0.15) is 0 Å². The fourth-order valence-corrected chi connectivity index (χ4v) is 4.41. The molecule has 0 N–H and O–H groups in total. The van der Waals surface area contributed by atoms with Gasteiger partial charge in [0.1, 0.15) is 17.0 Å². The molecule has 0 fully saturated rings. The van der Waals surface area contributed by atoms with Crippen LogP contribution in [0.4, 0.5) is 5.13 Å². The number of aromatic nitrogens is 1. The Labute approximate surface area is 186 Å². The lowest BCUT2D eigenvalue weighted by molar-refractivity contribution is -0.118. The lowest BCUT2D eigenvalue weighted by Crippen LogP contribution is -2.34. The van der Waals surface area contributed by atoms with Crippen molar-refractivity contribution in [2.75, 3.05) is 46.3 Å². The van der Waals surface area contributed by atoms with Gasteiger partial charge >= 0.3 is 0 Å². The number of methoxy groups -OCH3 is 2. The molecule has 0 saturated carbocycles. The fourth-order valence-electron chi connectivity index (χ4n) is 3.11. The van der Waals surface area contributed by atoms with E-state index in [2.05, 4.69) is 4.90 Å². The van der Waals surface area contributed by atoms with Gasteiger partial charge in [0.25, 0.3) is 0 Å². The maximum absolute atomic E-state index is 13.2. The van der Waals surface area contributed by atoms with Crippen LogP contribution in [0.1, 0.15) is 12.0 Å². The molecule has 0 spiro atoms. The summed E-state index contributed by atoms with van der Waals surface area (Å²) < 4.78 is 11.5. The van der Waals surface area contributed by atoms with Crippen LogP contribution in [0.5, 0.6) is 11.5 Å². The van der Waals surface area contributed by atoms with Crippen LogP contribution in [-0.4, -0.2) is 57.2 Å². The van der Waals surface area contributed by atoms with Gasteiger partial charge in [-0.3, -0.25) is 9.69 Å². The Hall–Kier alpha value is -2.35. The third-order valence-corrected chi connectivity index (χ3v) is 6.24. The number of thiazole rings is 1. The van der Waals surface area contributed by atoms with Gasteiger partial charge in [0, 0.05) is 6.54 Å². The molecule has 1 heterocycles. The molecule has 0 radical (unpaired) electrons. The van der Waals surface area contributed by atoms with Crippen molar-refractivity contribution in [3.8, 4) is 11.5 Å². The Kier molecular flexibility index (Phi) is 7.53. The summed E-state index contributed by atoms with van der Waals surface area (Å²) in [7, 11) is 7.27. The highest BCUT2D eigenvalue weighted by atomic mass is 35.5. The summed E-state index contributed by atoms with van der Waals surface area (Å²) in [6.07, 6.45) is 1.12. The van der Waals surface area contributed by atoms with Crippen molar-refractivity contribution in [1.82, 2.24) is 9.88 Å². The van der Waals surface area contributed by atoms with Crippen molar-refractivity contribution in [3.63, 3.8) is 0 Å². The number of anilines is 1. The van der Waals surface area contributed by atoms with Crippen LogP contribution in [0.25, 0.3) is 10.2 Å². The second kappa shape index (κ2) is 10.1. The number of nitrogens with zero attached hydrogens (tertiary/aromatic N) is 3. The van der Waals surface area contributed by atoms with Crippen molar-refractivity contribution < 1.29 is 14.3 Å². The molecule has 0 aliphatic carbocycles. The molecule has 0 bridgehead atoms. The number of fused-ring (bicyclic) bond motifs is 1. The number of carbonyl (C=O) groups is 1. The summed E-state index contributed by atoms with van der Waals surface area (Å²) in [5.74, 6) is 1.41. The first-order valence-corrected chi connectivity index (χ1v) is 10.8. The van der Waals surface area contributed by atoms with E-state index in [-0.39, 0.29) is 12.3 Å². The second-order valence-corrected chi connectivity index (χ2v) is 8.54. The molecule has 0 saturated heterocycles. The fraction of sp³-hybridized carbons (Fsp3) is 0.364. The van der Waals surface area contributed by atoms with E-state index < -0.39 is 0 Å². The third-order valence-electron chi connectivity index (χ3n) is 4.70. The van der Waals surface area contributed by atoms with Gasteiger partial charge in [-0.05, 0) is 56.9 Å². The Balaban J connectivity index is 1.90. The predicted molar refractivity (Wildman–Crippen MR) is 123 cm³/mol. The quantitative estimate of drug-likeness (QED) is 0.483. The molecule has 2 aromatic carbocycles. The summed E-state index contributed by atoms with van der Waals surface area (Å²) in [6, 6.07) is 11.1. The molecule has 6 nitrogen and oxygen atoms in total. The Bertz CT molecular complexity index is 1000. The minimum atomic E-state index is -0.00642. The summed E-state index contributed by atoms with van der Waals surface area (Å²) in [6.45, 7) is 1.45. The van der Waals surface area contributed by atoms with E-state index in [1.165, 1.54) is 11.3 Å². The smallest absolute Gasteiger partial charge is 0.233 e. The molecule has 160 valence electrons. The highest BCUT2D eigenvalue weighted by Crippen LogP contribution is 2.38. The van der Waals surface area contributed by atoms with Crippen molar-refractivity contribution in [1.29, 1.82) is 0 Å². The van der Waals surface area contributed by atoms with Gasteiger partial charge in [-0.25, -0.2) is 4.98 Å². The average Bonchev–Trinajstić information content (AvgIpc) is 3.17. The number of rotatable bonds is 9. The largest absolute Gasteiger partial charge is 0.497 e. The van der Waals surface area contributed by atoms with Crippen molar-refractivity contribution in [2.24, 2.45) is 0 Å². The Morgan fingerprint density at radius 3 is 2.43 bits per heavy atom. The average molecular weight is 448 g/mol. The molecule has 3 rings (SSSR count). The maximum atomic E-state index is 13.2. The number of hydrogen-bond acceptors (Lipinski definition) is 6. The van der Waals surface area contributed by atoms with Crippen LogP contribution < -0.4 is 14.4 Å². The van der Waals surface area contributed by atoms with E-state index in [1.54, 1.807) is 31.3 Å². The maximum Gasteiger partial charge on any atom is 0.233 e. The lowest BCUT2D eigenvalue weighted by Gasteiger charge is -2.21. The topological polar surface area (TPSA) is 54.9 Å². The van der Waals surface area contributed by atoms with E-state index in [0.717, 1.165) is 29.0 Å². The van der Waals surface area contributed by atoms with E-state index in [0.29, 0.717) is 28.0 Å². The van der Waals surface area contributed by atoms with Gasteiger partial charge in [0.15, 0.2) is 5.13 Å². The first-order valence-electron chi connectivity index (χ1n) is 9.64. The van der Waals surface area contributed by atoms with Crippen molar-refractivity contribution >= 4 is 44.2 Å². The van der Waals surface area contributed by atoms with E-state index >= 15 is 0 Å². The first-order chi connectivity index (χ1) is 14.4. The molecule has 3 aromatic rings. The van der Waals surface area contributed by atoms with Crippen molar-refractivity contribution in [2.45, 2.75) is 12.8 Å². The SMILES string of the molecule is COc1ccc(CC(=O)N(CCCN(C)C)c2nc3c(OC)ccc(Cl)c3s2)cc1. The van der Waals surface area contributed by atoms with E-state index in [4.69, 9.17) is 26.1 Å². The number of benzene rings is 2. The normalized spacial score (nSPS) is 11.1. The highest BCUT2D eigenvalue weighted by Gasteiger charge is 2.22. The summed E-state index contributed by atoms with van der Waals surface area (Å²) in [5.41, 5.74) is 1.61. The molecule has 0 aliphatic heterocycles. The molecule has 1 aromatic heterocycles. The van der Waals surface area contributed by atoms with Gasteiger partial charge in [0.05, 0.1) is 30.4 Å². The Morgan fingerprint density at radius 1 is 1.07 bits per heavy atom. The Morgan fingerprint density at radius 2 is 1.80 bits per heavy atom. The summed E-state index contributed by atoms with van der Waals surface area (Å²) in [5, 5.41) is 1.24. The molecule has 30 heavy (non-hydrogen) atoms. The molecule has 8 heteroatoms. The number of ether oxygens (including phenoxy) is 2. The van der Waals surface area contributed by atoms with Crippen LogP contribution in [0.15, 0.2) is 36.4 Å². The lowest BCUT2D eigenvalue weighted by atomic mass is 10.1. The summed E-state index contributed by atoms with van der Waals surface area (Å²) in [4.78, 5) is 21.8. The monoisotopic (exact) mass is 447 g/mol. The number of halogens is 1. The molecule has 1 amide bonds. The molecule has 0 atom stereocenters. The molecule has 0 unspecified atom stereocenters. The zero-order chi connectivity index (χ0) is 21.7. The second-order valence-electron chi connectivity index (χ2n) is 7.15. The van der Waals surface area contributed by atoms with Crippen LogP contribution in [0.2, 0.25) is 5.02 Å². The summed E-state index contributed by atoms with van der Waals surface area (Å²) >= 11 is 7.79. The molecule has 0 aliphatic rings.